The van der Waals surface area contributed by atoms with Crippen molar-refractivity contribution in [3.05, 3.63) is 34.9 Å². The molecule has 96 valence electrons. The third-order valence-electron chi connectivity index (χ3n) is 2.72. The summed E-state index contributed by atoms with van der Waals surface area (Å²) in [6.07, 6.45) is -2.72. The quantitative estimate of drug-likeness (QED) is 0.690. The molecule has 0 atom stereocenters. The standard InChI is InChI=1S/C14H19F3/c1-5-6-10-7-11(13(2,3)4)9-12(8-10)14(15,16)17/h7-9H,5-6H2,1-4H3. The summed E-state index contributed by atoms with van der Waals surface area (Å²) in [5, 5.41) is 0. The monoisotopic (exact) mass is 244 g/mol. The topological polar surface area (TPSA) is 0 Å². The molecular formula is C14H19F3. The Balaban J connectivity index is 3.29. The average Bonchev–Trinajstić information content (AvgIpc) is 2.15. The van der Waals surface area contributed by atoms with Crippen LogP contribution in [0.4, 0.5) is 13.2 Å². The normalized spacial score (nSPS) is 12.9. The van der Waals surface area contributed by atoms with Gasteiger partial charge in [0.15, 0.2) is 0 Å². The molecular weight excluding hydrogens is 225 g/mol. The van der Waals surface area contributed by atoms with Crippen molar-refractivity contribution in [2.45, 2.75) is 52.1 Å². The second kappa shape index (κ2) is 4.71. The Labute approximate surface area is 101 Å². The molecule has 0 spiro atoms. The molecule has 0 aliphatic carbocycles. The van der Waals surface area contributed by atoms with Gasteiger partial charge in [-0.1, -0.05) is 40.2 Å². The molecule has 0 heterocycles. The number of benzene rings is 1. The molecule has 1 aromatic rings. The van der Waals surface area contributed by atoms with Crippen molar-refractivity contribution in [2.24, 2.45) is 0 Å². The lowest BCUT2D eigenvalue weighted by molar-refractivity contribution is -0.137. The largest absolute Gasteiger partial charge is 0.416 e. The second-order valence-electron chi connectivity index (χ2n) is 5.42. The molecule has 3 heteroatoms. The first-order chi connectivity index (χ1) is 7.64. The molecule has 0 aliphatic rings. The van der Waals surface area contributed by atoms with Crippen molar-refractivity contribution in [2.75, 3.05) is 0 Å². The van der Waals surface area contributed by atoms with Crippen LogP contribution in [0.25, 0.3) is 0 Å². The van der Waals surface area contributed by atoms with Crippen molar-refractivity contribution in [1.29, 1.82) is 0 Å². The third kappa shape index (κ3) is 3.76. The van der Waals surface area contributed by atoms with E-state index in [1.54, 1.807) is 0 Å². The summed E-state index contributed by atoms with van der Waals surface area (Å²) < 4.78 is 38.3. The van der Waals surface area contributed by atoms with Crippen LogP contribution in [0.5, 0.6) is 0 Å². The maximum Gasteiger partial charge on any atom is 0.416 e. The fourth-order valence-electron chi connectivity index (χ4n) is 1.72. The number of alkyl halides is 3. The Morgan fingerprint density at radius 3 is 1.88 bits per heavy atom. The van der Waals surface area contributed by atoms with Gasteiger partial charge in [0.2, 0.25) is 0 Å². The smallest absolute Gasteiger partial charge is 0.166 e. The molecule has 0 N–H and O–H groups in total. The number of hydrogen-bond acceptors (Lipinski definition) is 0. The van der Waals surface area contributed by atoms with E-state index in [0.29, 0.717) is 6.42 Å². The van der Waals surface area contributed by atoms with Gasteiger partial charge in [-0.3, -0.25) is 0 Å². The van der Waals surface area contributed by atoms with Crippen molar-refractivity contribution in [3.63, 3.8) is 0 Å². The van der Waals surface area contributed by atoms with Crippen molar-refractivity contribution >= 4 is 0 Å². The highest BCUT2D eigenvalue weighted by atomic mass is 19.4. The Morgan fingerprint density at radius 1 is 0.941 bits per heavy atom. The zero-order valence-electron chi connectivity index (χ0n) is 10.8. The highest BCUT2D eigenvalue weighted by Crippen LogP contribution is 2.34. The van der Waals surface area contributed by atoms with Crippen LogP contribution < -0.4 is 0 Å². The van der Waals surface area contributed by atoms with Gasteiger partial charge in [0.25, 0.3) is 0 Å². The van der Waals surface area contributed by atoms with E-state index in [-0.39, 0.29) is 5.41 Å². The molecule has 0 fully saturated rings. The van der Waals surface area contributed by atoms with Crippen molar-refractivity contribution in [1.82, 2.24) is 0 Å². The Bertz CT molecular complexity index is 351. The summed E-state index contributed by atoms with van der Waals surface area (Å²) in [7, 11) is 0. The van der Waals surface area contributed by atoms with Crippen LogP contribution in [0.15, 0.2) is 18.2 Å². The van der Waals surface area contributed by atoms with E-state index in [2.05, 4.69) is 0 Å². The number of halogens is 3. The molecule has 0 bridgehead atoms. The molecule has 0 saturated carbocycles. The minimum absolute atomic E-state index is 0.260. The zero-order chi connectivity index (χ0) is 13.3. The summed E-state index contributed by atoms with van der Waals surface area (Å²) in [5.41, 5.74) is 0.723. The molecule has 0 nitrogen and oxygen atoms in total. The van der Waals surface area contributed by atoms with Gasteiger partial charge < -0.3 is 0 Å². The van der Waals surface area contributed by atoms with E-state index in [1.807, 2.05) is 33.8 Å². The predicted octanol–water partition coefficient (Wildman–Crippen LogP) is 4.96. The van der Waals surface area contributed by atoms with Crippen molar-refractivity contribution in [3.8, 4) is 0 Å². The summed E-state index contributed by atoms with van der Waals surface area (Å²) in [6.45, 7) is 7.76. The molecule has 17 heavy (non-hydrogen) atoms. The first-order valence-electron chi connectivity index (χ1n) is 5.86. The SMILES string of the molecule is CCCc1cc(C(C)(C)C)cc(C(F)(F)F)c1. The van der Waals surface area contributed by atoms with Crippen LogP contribution >= 0.6 is 0 Å². The van der Waals surface area contributed by atoms with Gasteiger partial charge in [-0.15, -0.1) is 0 Å². The maximum atomic E-state index is 12.8. The maximum absolute atomic E-state index is 12.8. The molecule has 1 aromatic carbocycles. The van der Waals surface area contributed by atoms with Crippen LogP contribution in [0.3, 0.4) is 0 Å². The van der Waals surface area contributed by atoms with Crippen LogP contribution in [0.1, 0.15) is 50.8 Å². The molecule has 0 aliphatic heterocycles. The van der Waals surface area contributed by atoms with E-state index in [0.717, 1.165) is 17.5 Å². The Hall–Kier alpha value is -0.990. The highest BCUT2D eigenvalue weighted by molar-refractivity contribution is 5.35. The van der Waals surface area contributed by atoms with E-state index in [9.17, 15) is 13.2 Å². The van der Waals surface area contributed by atoms with Crippen LogP contribution in [0, 0.1) is 0 Å². The second-order valence-corrected chi connectivity index (χ2v) is 5.42. The van der Waals surface area contributed by atoms with E-state index in [1.165, 1.54) is 12.1 Å². The Kier molecular flexibility index (Phi) is 3.90. The lowest BCUT2D eigenvalue weighted by Gasteiger charge is -2.22. The summed E-state index contributed by atoms with van der Waals surface area (Å²) >= 11 is 0. The molecule has 0 saturated heterocycles. The minimum Gasteiger partial charge on any atom is -0.166 e. The van der Waals surface area contributed by atoms with Crippen LogP contribution in [0.2, 0.25) is 0 Å². The van der Waals surface area contributed by atoms with Gasteiger partial charge in [0, 0.05) is 0 Å². The number of rotatable bonds is 2. The van der Waals surface area contributed by atoms with Gasteiger partial charge in [-0.05, 0) is 35.1 Å². The first kappa shape index (κ1) is 14.1. The lowest BCUT2D eigenvalue weighted by Crippen LogP contribution is -2.15. The summed E-state index contributed by atoms with van der Waals surface area (Å²) in [5.74, 6) is 0. The van der Waals surface area contributed by atoms with Gasteiger partial charge in [0.05, 0.1) is 5.56 Å². The fraction of sp³-hybridized carbons (Fsp3) is 0.571. The van der Waals surface area contributed by atoms with Crippen LogP contribution in [-0.4, -0.2) is 0 Å². The van der Waals surface area contributed by atoms with Crippen LogP contribution in [-0.2, 0) is 18.0 Å². The molecule has 0 radical (unpaired) electrons. The van der Waals surface area contributed by atoms with Gasteiger partial charge >= 0.3 is 6.18 Å². The fourth-order valence-corrected chi connectivity index (χ4v) is 1.72. The van der Waals surface area contributed by atoms with Gasteiger partial charge in [0.1, 0.15) is 0 Å². The molecule has 0 aromatic heterocycles. The van der Waals surface area contributed by atoms with E-state index >= 15 is 0 Å². The van der Waals surface area contributed by atoms with Crippen molar-refractivity contribution < 1.29 is 13.2 Å². The average molecular weight is 244 g/mol. The summed E-state index contributed by atoms with van der Waals surface area (Å²) in [4.78, 5) is 0. The van der Waals surface area contributed by atoms with E-state index in [4.69, 9.17) is 0 Å². The zero-order valence-corrected chi connectivity index (χ0v) is 10.8. The highest BCUT2D eigenvalue weighted by Gasteiger charge is 2.32. The molecule has 1 rings (SSSR count). The van der Waals surface area contributed by atoms with Gasteiger partial charge in [-0.2, -0.15) is 13.2 Å². The first-order valence-corrected chi connectivity index (χ1v) is 5.86. The molecule has 0 amide bonds. The third-order valence-corrected chi connectivity index (χ3v) is 2.72. The number of hydrogen-bond donors (Lipinski definition) is 0. The van der Waals surface area contributed by atoms with Gasteiger partial charge in [-0.25, -0.2) is 0 Å². The predicted molar refractivity (Wildman–Crippen MR) is 64.1 cm³/mol. The number of aryl methyl sites for hydroxylation is 1. The molecule has 0 unspecified atom stereocenters. The van der Waals surface area contributed by atoms with E-state index < -0.39 is 11.7 Å². The minimum atomic E-state index is -4.26. The summed E-state index contributed by atoms with van der Waals surface area (Å²) in [6, 6.07) is 4.41. The Morgan fingerprint density at radius 2 is 1.47 bits per heavy atom. The lowest BCUT2D eigenvalue weighted by atomic mass is 9.84.